The molecule has 0 unspecified atom stereocenters. The van der Waals surface area contributed by atoms with Crippen LogP contribution >= 0.6 is 24.0 Å². The predicted molar refractivity (Wildman–Crippen MR) is 118 cm³/mol. The molecular formula is C20H27IN4O. The van der Waals surface area contributed by atoms with Gasteiger partial charge in [0.1, 0.15) is 0 Å². The van der Waals surface area contributed by atoms with Crippen molar-refractivity contribution in [1.29, 1.82) is 0 Å². The minimum absolute atomic E-state index is 0. The third-order valence-electron chi connectivity index (χ3n) is 3.85. The van der Waals surface area contributed by atoms with Crippen LogP contribution < -0.4 is 10.6 Å². The van der Waals surface area contributed by atoms with E-state index in [1.54, 1.807) is 7.05 Å². The van der Waals surface area contributed by atoms with Gasteiger partial charge < -0.3 is 15.5 Å². The number of amides is 1. The molecule has 0 saturated heterocycles. The molecule has 2 rings (SSSR count). The van der Waals surface area contributed by atoms with Gasteiger partial charge in [0.25, 0.3) is 0 Å². The molecule has 2 aromatic rings. The van der Waals surface area contributed by atoms with Gasteiger partial charge in [-0.05, 0) is 18.1 Å². The monoisotopic (exact) mass is 466 g/mol. The van der Waals surface area contributed by atoms with E-state index in [9.17, 15) is 4.79 Å². The van der Waals surface area contributed by atoms with Crippen LogP contribution in [-0.2, 0) is 17.9 Å². The lowest BCUT2D eigenvalue weighted by Crippen LogP contribution is -2.43. The molecule has 140 valence electrons. The van der Waals surface area contributed by atoms with Crippen molar-refractivity contribution in [3.05, 3.63) is 71.3 Å². The number of halogens is 1. The number of aliphatic imine (C=N–C) groups is 1. The van der Waals surface area contributed by atoms with Gasteiger partial charge in [-0.1, -0.05) is 60.2 Å². The smallest absolute Gasteiger partial charge is 0.239 e. The molecule has 0 aliphatic heterocycles. The topological polar surface area (TPSA) is 56.7 Å². The van der Waals surface area contributed by atoms with Gasteiger partial charge in [-0.2, -0.15) is 0 Å². The molecule has 0 heterocycles. The molecule has 6 heteroatoms. The van der Waals surface area contributed by atoms with E-state index in [-0.39, 0.29) is 36.4 Å². The van der Waals surface area contributed by atoms with Crippen LogP contribution in [0.15, 0.2) is 59.6 Å². The lowest BCUT2D eigenvalue weighted by molar-refractivity contribution is -0.120. The van der Waals surface area contributed by atoms with Crippen LogP contribution in [0.3, 0.4) is 0 Å². The standard InChI is InChI=1S/C20H26N4O.HI/c1-16-9-11-18(12-10-16)15-24(3)20(21-2)23-14-19(25)22-13-17-7-5-4-6-8-17;/h4-12H,13-15H2,1-3H3,(H,21,23)(H,22,25);1H. The zero-order valence-electron chi connectivity index (χ0n) is 15.5. The minimum atomic E-state index is -0.0614. The van der Waals surface area contributed by atoms with E-state index < -0.39 is 0 Å². The van der Waals surface area contributed by atoms with Crippen LogP contribution in [0.5, 0.6) is 0 Å². The molecule has 0 saturated carbocycles. The lowest BCUT2D eigenvalue weighted by atomic mass is 10.1. The highest BCUT2D eigenvalue weighted by atomic mass is 127. The summed E-state index contributed by atoms with van der Waals surface area (Å²) in [5, 5.41) is 6.00. The molecule has 2 aromatic carbocycles. The molecular weight excluding hydrogens is 439 g/mol. The second-order valence-electron chi connectivity index (χ2n) is 6.00. The summed E-state index contributed by atoms with van der Waals surface area (Å²) >= 11 is 0. The number of rotatable bonds is 6. The molecule has 0 radical (unpaired) electrons. The SMILES string of the molecule is CN=C(NCC(=O)NCc1ccccc1)N(C)Cc1ccc(C)cc1.I. The Morgan fingerprint density at radius 1 is 1.00 bits per heavy atom. The van der Waals surface area contributed by atoms with E-state index in [1.807, 2.05) is 42.3 Å². The second kappa shape index (κ2) is 11.5. The van der Waals surface area contributed by atoms with Crippen LogP contribution in [0.1, 0.15) is 16.7 Å². The lowest BCUT2D eigenvalue weighted by Gasteiger charge is -2.22. The Morgan fingerprint density at radius 2 is 1.65 bits per heavy atom. The summed E-state index contributed by atoms with van der Waals surface area (Å²) < 4.78 is 0. The number of carbonyl (C=O) groups excluding carboxylic acids is 1. The Kier molecular flexibility index (Phi) is 9.72. The average Bonchev–Trinajstić information content (AvgIpc) is 2.63. The van der Waals surface area contributed by atoms with Gasteiger partial charge in [-0.25, -0.2) is 0 Å². The molecule has 2 N–H and O–H groups in total. The quantitative estimate of drug-likeness (QED) is 0.391. The number of guanidine groups is 1. The third-order valence-corrected chi connectivity index (χ3v) is 3.85. The van der Waals surface area contributed by atoms with E-state index in [2.05, 4.69) is 46.8 Å². The molecule has 1 amide bonds. The summed E-state index contributed by atoms with van der Waals surface area (Å²) in [6.07, 6.45) is 0. The second-order valence-corrected chi connectivity index (χ2v) is 6.00. The summed E-state index contributed by atoms with van der Waals surface area (Å²) in [7, 11) is 3.67. The van der Waals surface area contributed by atoms with Gasteiger partial charge in [0.15, 0.2) is 5.96 Å². The molecule has 5 nitrogen and oxygen atoms in total. The molecule has 0 fully saturated rings. The predicted octanol–water partition coefficient (Wildman–Crippen LogP) is 2.94. The van der Waals surface area contributed by atoms with Crippen molar-refractivity contribution in [3.63, 3.8) is 0 Å². The average molecular weight is 466 g/mol. The van der Waals surface area contributed by atoms with Crippen molar-refractivity contribution < 1.29 is 4.79 Å². The number of hydrogen-bond acceptors (Lipinski definition) is 2. The summed E-state index contributed by atoms with van der Waals surface area (Å²) in [6, 6.07) is 18.2. The van der Waals surface area contributed by atoms with Gasteiger partial charge in [0, 0.05) is 27.2 Å². The number of aryl methyl sites for hydroxylation is 1. The molecule has 26 heavy (non-hydrogen) atoms. The Labute approximate surface area is 172 Å². The molecule has 0 aliphatic rings. The highest BCUT2D eigenvalue weighted by Gasteiger charge is 2.08. The Bertz CT molecular complexity index is 702. The van der Waals surface area contributed by atoms with Crippen molar-refractivity contribution >= 4 is 35.8 Å². The zero-order chi connectivity index (χ0) is 18.1. The first-order chi connectivity index (χ1) is 12.1. The van der Waals surface area contributed by atoms with Crippen molar-refractivity contribution in [1.82, 2.24) is 15.5 Å². The normalized spacial score (nSPS) is 10.7. The van der Waals surface area contributed by atoms with Gasteiger partial charge in [-0.3, -0.25) is 9.79 Å². The van der Waals surface area contributed by atoms with Crippen molar-refractivity contribution in [2.24, 2.45) is 4.99 Å². The fourth-order valence-corrected chi connectivity index (χ4v) is 2.45. The molecule has 0 spiro atoms. The van der Waals surface area contributed by atoms with E-state index in [0.29, 0.717) is 12.5 Å². The highest BCUT2D eigenvalue weighted by molar-refractivity contribution is 14.0. The first kappa shape index (κ1) is 22.0. The van der Waals surface area contributed by atoms with Crippen LogP contribution in [0, 0.1) is 6.92 Å². The Hall–Kier alpha value is -2.09. The van der Waals surface area contributed by atoms with Crippen molar-refractivity contribution in [3.8, 4) is 0 Å². The number of benzene rings is 2. The maximum Gasteiger partial charge on any atom is 0.239 e. The first-order valence-electron chi connectivity index (χ1n) is 8.36. The number of nitrogens with zero attached hydrogens (tertiary/aromatic N) is 2. The fourth-order valence-electron chi connectivity index (χ4n) is 2.45. The molecule has 0 aliphatic carbocycles. The molecule has 0 atom stereocenters. The van der Waals surface area contributed by atoms with Crippen LogP contribution in [0.25, 0.3) is 0 Å². The van der Waals surface area contributed by atoms with E-state index in [1.165, 1.54) is 11.1 Å². The summed E-state index contributed by atoms with van der Waals surface area (Å²) in [5.74, 6) is 0.629. The van der Waals surface area contributed by atoms with Crippen molar-refractivity contribution in [2.75, 3.05) is 20.6 Å². The number of carbonyl (C=O) groups is 1. The van der Waals surface area contributed by atoms with Crippen LogP contribution in [-0.4, -0.2) is 37.4 Å². The summed E-state index contributed by atoms with van der Waals surface area (Å²) in [5.41, 5.74) is 3.52. The van der Waals surface area contributed by atoms with Crippen LogP contribution in [0.4, 0.5) is 0 Å². The summed E-state index contributed by atoms with van der Waals surface area (Å²) in [6.45, 7) is 3.52. The van der Waals surface area contributed by atoms with Crippen LogP contribution in [0.2, 0.25) is 0 Å². The largest absolute Gasteiger partial charge is 0.350 e. The van der Waals surface area contributed by atoms with E-state index in [4.69, 9.17) is 0 Å². The highest BCUT2D eigenvalue weighted by Crippen LogP contribution is 2.06. The number of nitrogens with one attached hydrogen (secondary N) is 2. The fraction of sp³-hybridized carbons (Fsp3) is 0.300. The van der Waals surface area contributed by atoms with Gasteiger partial charge in [0.05, 0.1) is 6.54 Å². The number of hydrogen-bond donors (Lipinski definition) is 2. The maximum atomic E-state index is 12.0. The van der Waals surface area contributed by atoms with Gasteiger partial charge in [-0.15, -0.1) is 24.0 Å². The van der Waals surface area contributed by atoms with Crippen molar-refractivity contribution in [2.45, 2.75) is 20.0 Å². The first-order valence-corrected chi connectivity index (χ1v) is 8.36. The van der Waals surface area contributed by atoms with Gasteiger partial charge >= 0.3 is 0 Å². The molecule has 0 aromatic heterocycles. The Morgan fingerprint density at radius 3 is 2.27 bits per heavy atom. The maximum absolute atomic E-state index is 12.0. The Balaban J connectivity index is 0.00000338. The molecule has 0 bridgehead atoms. The summed E-state index contributed by atoms with van der Waals surface area (Å²) in [4.78, 5) is 18.2. The third kappa shape index (κ3) is 7.43. The van der Waals surface area contributed by atoms with E-state index >= 15 is 0 Å². The minimum Gasteiger partial charge on any atom is -0.350 e. The zero-order valence-corrected chi connectivity index (χ0v) is 17.9. The van der Waals surface area contributed by atoms with Gasteiger partial charge in [0.2, 0.25) is 5.91 Å². The van der Waals surface area contributed by atoms with E-state index in [0.717, 1.165) is 12.1 Å².